The number of hydrogen-bond acceptors (Lipinski definition) is 3. The van der Waals surface area contributed by atoms with Gasteiger partial charge in [-0.15, -0.1) is 0 Å². The molecular formula is C15H28N2O3S. The predicted molar refractivity (Wildman–Crippen MR) is 83.9 cm³/mol. The largest absolute Gasteiger partial charge is 0.338 e. The van der Waals surface area contributed by atoms with Crippen LogP contribution in [-0.2, 0) is 9.84 Å². The highest BCUT2D eigenvalue weighted by Crippen LogP contribution is 2.33. The Morgan fingerprint density at radius 3 is 2.24 bits per heavy atom. The van der Waals surface area contributed by atoms with Crippen LogP contribution in [0.3, 0.4) is 0 Å². The molecule has 1 saturated heterocycles. The van der Waals surface area contributed by atoms with Crippen molar-refractivity contribution < 1.29 is 13.2 Å². The van der Waals surface area contributed by atoms with E-state index < -0.39 is 9.84 Å². The first-order valence-corrected chi connectivity index (χ1v) is 9.87. The van der Waals surface area contributed by atoms with Gasteiger partial charge in [-0.05, 0) is 51.4 Å². The van der Waals surface area contributed by atoms with Crippen molar-refractivity contribution in [1.82, 2.24) is 10.6 Å². The molecule has 0 bridgehead atoms. The summed E-state index contributed by atoms with van der Waals surface area (Å²) in [5.41, 5.74) is -0.170. The molecule has 1 heterocycles. The third-order valence-electron chi connectivity index (χ3n) is 5.04. The van der Waals surface area contributed by atoms with Gasteiger partial charge in [-0.1, -0.05) is 12.8 Å². The number of hydrogen-bond donors (Lipinski definition) is 2. The Kier molecular flexibility index (Phi) is 5.17. The second-order valence-electron chi connectivity index (χ2n) is 7.13. The zero-order valence-electron chi connectivity index (χ0n) is 13.2. The summed E-state index contributed by atoms with van der Waals surface area (Å²) < 4.78 is 22.7. The highest BCUT2D eigenvalue weighted by molar-refractivity contribution is 7.91. The molecule has 2 fully saturated rings. The first-order chi connectivity index (χ1) is 9.78. The van der Waals surface area contributed by atoms with Crippen LogP contribution in [0.5, 0.6) is 0 Å². The Balaban J connectivity index is 1.72. The number of sulfone groups is 1. The molecule has 0 radical (unpaired) electrons. The lowest BCUT2D eigenvalue weighted by Gasteiger charge is -2.33. The Bertz CT molecular complexity index is 453. The molecule has 0 atom stereocenters. The lowest BCUT2D eigenvalue weighted by atomic mass is 9.86. The highest BCUT2D eigenvalue weighted by atomic mass is 32.2. The summed E-state index contributed by atoms with van der Waals surface area (Å²) in [5, 5.41) is 6.00. The quantitative estimate of drug-likeness (QED) is 0.834. The van der Waals surface area contributed by atoms with E-state index in [-0.39, 0.29) is 29.0 Å². The molecule has 0 aromatic carbocycles. The average Bonchev–Trinajstić information content (AvgIpc) is 2.91. The summed E-state index contributed by atoms with van der Waals surface area (Å²) in [6.07, 6.45) is 6.21. The smallest absolute Gasteiger partial charge is 0.315 e. The summed E-state index contributed by atoms with van der Waals surface area (Å²) in [4.78, 5) is 12.0. The Labute approximate surface area is 128 Å². The molecule has 6 heteroatoms. The maximum atomic E-state index is 12.0. The zero-order chi connectivity index (χ0) is 15.5. The zero-order valence-corrected chi connectivity index (χ0v) is 14.0. The molecule has 0 aromatic heterocycles. The topological polar surface area (TPSA) is 75.3 Å². The van der Waals surface area contributed by atoms with E-state index in [1.54, 1.807) is 0 Å². The highest BCUT2D eigenvalue weighted by Gasteiger charge is 2.33. The molecule has 2 rings (SSSR count). The lowest BCUT2D eigenvalue weighted by Crippen LogP contribution is -2.52. The van der Waals surface area contributed by atoms with Crippen LogP contribution in [0.4, 0.5) is 4.79 Å². The van der Waals surface area contributed by atoms with Gasteiger partial charge >= 0.3 is 6.03 Å². The molecule has 21 heavy (non-hydrogen) atoms. The van der Waals surface area contributed by atoms with Crippen molar-refractivity contribution in [2.45, 2.75) is 57.9 Å². The van der Waals surface area contributed by atoms with Crippen molar-refractivity contribution in [3.05, 3.63) is 0 Å². The molecule has 2 aliphatic rings. The van der Waals surface area contributed by atoms with Crippen LogP contribution in [0.2, 0.25) is 0 Å². The van der Waals surface area contributed by atoms with E-state index in [0.29, 0.717) is 25.3 Å². The third kappa shape index (κ3) is 4.87. The minimum absolute atomic E-state index is 0.125. The van der Waals surface area contributed by atoms with E-state index >= 15 is 0 Å². The van der Waals surface area contributed by atoms with Crippen molar-refractivity contribution in [3.8, 4) is 0 Å². The molecule has 2 amide bonds. The van der Waals surface area contributed by atoms with E-state index in [2.05, 4.69) is 24.5 Å². The fourth-order valence-electron chi connectivity index (χ4n) is 3.47. The monoisotopic (exact) mass is 316 g/mol. The molecule has 5 nitrogen and oxygen atoms in total. The van der Waals surface area contributed by atoms with Gasteiger partial charge in [-0.3, -0.25) is 0 Å². The Morgan fingerprint density at radius 1 is 1.10 bits per heavy atom. The molecule has 0 spiro atoms. The van der Waals surface area contributed by atoms with E-state index in [1.165, 1.54) is 25.7 Å². The van der Waals surface area contributed by atoms with Gasteiger partial charge in [0.15, 0.2) is 0 Å². The van der Waals surface area contributed by atoms with Crippen LogP contribution < -0.4 is 10.6 Å². The minimum atomic E-state index is -2.82. The summed E-state index contributed by atoms with van der Waals surface area (Å²) in [7, 11) is -2.82. The van der Waals surface area contributed by atoms with Gasteiger partial charge in [-0.25, -0.2) is 13.2 Å². The van der Waals surface area contributed by atoms with Crippen molar-refractivity contribution >= 4 is 15.9 Å². The second kappa shape index (κ2) is 6.55. The number of carbonyl (C=O) groups excluding carboxylic acids is 1. The predicted octanol–water partition coefficient (Wildman–Crippen LogP) is 2.08. The Morgan fingerprint density at radius 2 is 1.67 bits per heavy atom. The Hall–Kier alpha value is -0.780. The summed E-state index contributed by atoms with van der Waals surface area (Å²) in [6.45, 7) is 4.76. The molecule has 122 valence electrons. The summed E-state index contributed by atoms with van der Waals surface area (Å²) in [5.74, 6) is 1.36. The van der Waals surface area contributed by atoms with Crippen LogP contribution in [0.15, 0.2) is 0 Å². The van der Waals surface area contributed by atoms with Crippen LogP contribution in [0, 0.1) is 11.8 Å². The van der Waals surface area contributed by atoms with Crippen LogP contribution in [-0.4, -0.2) is 38.0 Å². The lowest BCUT2D eigenvalue weighted by molar-refractivity contribution is 0.209. The molecule has 0 aromatic rings. The average molecular weight is 316 g/mol. The first-order valence-electron chi connectivity index (χ1n) is 8.05. The van der Waals surface area contributed by atoms with Gasteiger partial charge in [-0.2, -0.15) is 0 Å². The van der Waals surface area contributed by atoms with Crippen LogP contribution >= 0.6 is 0 Å². The number of carbonyl (C=O) groups is 1. The molecule has 0 unspecified atom stereocenters. The van der Waals surface area contributed by atoms with Crippen LogP contribution in [0.1, 0.15) is 52.4 Å². The van der Waals surface area contributed by atoms with E-state index in [4.69, 9.17) is 0 Å². The van der Waals surface area contributed by atoms with Crippen molar-refractivity contribution in [3.63, 3.8) is 0 Å². The first kappa shape index (κ1) is 16.6. The number of urea groups is 1. The standard InChI is InChI=1S/C15H28N2O3S/c1-15(2,13-5-3-4-6-13)17-14(18)16-11-12-7-9-21(19,20)10-8-12/h12-13H,3-11H2,1-2H3,(H2,16,17,18). The fourth-order valence-corrected chi connectivity index (χ4v) is 5.06. The van der Waals surface area contributed by atoms with Crippen molar-refractivity contribution in [1.29, 1.82) is 0 Å². The molecular weight excluding hydrogens is 288 g/mol. The van der Waals surface area contributed by atoms with Gasteiger partial charge in [0.25, 0.3) is 0 Å². The minimum Gasteiger partial charge on any atom is -0.338 e. The molecule has 1 aliphatic heterocycles. The van der Waals surface area contributed by atoms with Gasteiger partial charge in [0.05, 0.1) is 11.5 Å². The molecule has 1 saturated carbocycles. The van der Waals surface area contributed by atoms with Gasteiger partial charge in [0, 0.05) is 12.1 Å². The normalized spacial score (nSPS) is 23.9. The SMILES string of the molecule is CC(C)(NC(=O)NCC1CCS(=O)(=O)CC1)C1CCCC1. The molecule has 2 N–H and O–H groups in total. The maximum absolute atomic E-state index is 12.0. The number of nitrogens with one attached hydrogen (secondary N) is 2. The number of amides is 2. The van der Waals surface area contributed by atoms with Gasteiger partial charge in [0.1, 0.15) is 9.84 Å². The van der Waals surface area contributed by atoms with Crippen molar-refractivity contribution in [2.24, 2.45) is 11.8 Å². The van der Waals surface area contributed by atoms with E-state index in [1.807, 2.05) is 0 Å². The maximum Gasteiger partial charge on any atom is 0.315 e. The fraction of sp³-hybridized carbons (Fsp3) is 0.933. The van der Waals surface area contributed by atoms with Crippen molar-refractivity contribution in [2.75, 3.05) is 18.1 Å². The number of rotatable bonds is 4. The van der Waals surface area contributed by atoms with E-state index in [0.717, 1.165) is 0 Å². The molecule has 1 aliphatic carbocycles. The summed E-state index contributed by atoms with van der Waals surface area (Å²) in [6, 6.07) is -0.125. The van der Waals surface area contributed by atoms with Gasteiger partial charge in [0.2, 0.25) is 0 Å². The van der Waals surface area contributed by atoms with Crippen LogP contribution in [0.25, 0.3) is 0 Å². The van der Waals surface area contributed by atoms with E-state index in [9.17, 15) is 13.2 Å². The second-order valence-corrected chi connectivity index (χ2v) is 9.44. The third-order valence-corrected chi connectivity index (χ3v) is 6.75. The van der Waals surface area contributed by atoms with Gasteiger partial charge < -0.3 is 10.6 Å². The summed E-state index contributed by atoms with van der Waals surface area (Å²) >= 11 is 0.